The molecule has 0 unspecified atom stereocenters. The Morgan fingerprint density at radius 3 is 1.32 bits per heavy atom. The largest absolute Gasteiger partial charge is 0.0911 e. The van der Waals surface area contributed by atoms with Crippen LogP contribution in [0.25, 0.3) is 22.3 Å². The highest BCUT2D eigenvalue weighted by molar-refractivity contribution is 6.01. The molecular formula is C37H38. The minimum absolute atomic E-state index is 1.11. The van der Waals surface area contributed by atoms with Gasteiger partial charge in [-0.3, -0.25) is 0 Å². The van der Waals surface area contributed by atoms with Gasteiger partial charge in [-0.05, 0) is 74.7 Å². The van der Waals surface area contributed by atoms with Gasteiger partial charge in [0.1, 0.15) is 0 Å². The Morgan fingerprint density at radius 2 is 0.838 bits per heavy atom. The lowest BCUT2D eigenvalue weighted by Crippen LogP contribution is -1.85. The summed E-state index contributed by atoms with van der Waals surface area (Å²) in [6.07, 6.45) is 6.62. The van der Waals surface area contributed by atoms with E-state index in [0.717, 1.165) is 5.57 Å². The second kappa shape index (κ2) is 13.8. The molecule has 2 aliphatic rings. The molecule has 0 fully saturated rings. The summed E-state index contributed by atoms with van der Waals surface area (Å²) in [6, 6.07) is 38.1. The van der Waals surface area contributed by atoms with E-state index in [9.17, 15) is 0 Å². The van der Waals surface area contributed by atoms with Crippen molar-refractivity contribution in [3.05, 3.63) is 167 Å². The minimum Gasteiger partial charge on any atom is -0.0911 e. The lowest BCUT2D eigenvalue weighted by Gasteiger charge is -2.05. The first-order chi connectivity index (χ1) is 18.3. The molecule has 37 heavy (non-hydrogen) atoms. The Kier molecular flexibility index (Phi) is 10.2. The molecule has 0 saturated heterocycles. The van der Waals surface area contributed by atoms with Crippen LogP contribution in [0.15, 0.2) is 134 Å². The Hall–Kier alpha value is -4.16. The number of benzene rings is 4. The number of fused-ring (bicyclic) bond motifs is 2. The van der Waals surface area contributed by atoms with Crippen molar-refractivity contribution in [3.63, 3.8) is 0 Å². The van der Waals surface area contributed by atoms with Crippen molar-refractivity contribution in [1.82, 2.24) is 0 Å². The molecule has 0 radical (unpaired) electrons. The van der Waals surface area contributed by atoms with Crippen molar-refractivity contribution in [2.75, 3.05) is 0 Å². The number of rotatable bonds is 2. The van der Waals surface area contributed by atoms with E-state index in [4.69, 9.17) is 0 Å². The molecule has 0 bridgehead atoms. The van der Waals surface area contributed by atoms with Gasteiger partial charge in [-0.2, -0.15) is 0 Å². The third kappa shape index (κ3) is 6.16. The summed E-state index contributed by atoms with van der Waals surface area (Å²) in [4.78, 5) is 0. The summed E-state index contributed by atoms with van der Waals surface area (Å²) in [5.41, 5.74) is 12.8. The predicted molar refractivity (Wildman–Crippen MR) is 165 cm³/mol. The van der Waals surface area contributed by atoms with Crippen molar-refractivity contribution >= 4 is 22.3 Å². The summed E-state index contributed by atoms with van der Waals surface area (Å²) >= 11 is 0. The van der Waals surface area contributed by atoms with Gasteiger partial charge in [-0.15, -0.1) is 0 Å². The Labute approximate surface area is 224 Å². The molecule has 2 aliphatic carbocycles. The van der Waals surface area contributed by atoms with E-state index in [1.807, 2.05) is 33.8 Å². The molecule has 186 valence electrons. The molecule has 0 aromatic heterocycles. The molecular weight excluding hydrogens is 444 g/mol. The number of hydrogen-bond donors (Lipinski definition) is 0. The zero-order valence-electron chi connectivity index (χ0n) is 22.8. The van der Waals surface area contributed by atoms with Crippen LogP contribution in [0.3, 0.4) is 0 Å². The lowest BCUT2D eigenvalue weighted by molar-refractivity contribution is 1.50. The van der Waals surface area contributed by atoms with E-state index in [-0.39, 0.29) is 0 Å². The minimum atomic E-state index is 1.11. The topological polar surface area (TPSA) is 0 Å². The second-order valence-corrected chi connectivity index (χ2v) is 8.21. The third-order valence-corrected chi connectivity index (χ3v) is 6.19. The normalized spacial score (nSPS) is 13.4. The van der Waals surface area contributed by atoms with Gasteiger partial charge < -0.3 is 0 Å². The quantitative estimate of drug-likeness (QED) is 0.266. The van der Waals surface area contributed by atoms with Gasteiger partial charge in [0.2, 0.25) is 0 Å². The summed E-state index contributed by atoms with van der Waals surface area (Å²) in [5.74, 6) is 0. The van der Waals surface area contributed by atoms with Crippen molar-refractivity contribution in [3.8, 4) is 0 Å². The zero-order chi connectivity index (χ0) is 26.6. The monoisotopic (exact) mass is 482 g/mol. The molecule has 4 aromatic rings. The molecule has 6 rings (SSSR count). The molecule has 0 amide bonds. The van der Waals surface area contributed by atoms with Gasteiger partial charge in [0.15, 0.2) is 0 Å². The van der Waals surface area contributed by atoms with Gasteiger partial charge in [0.05, 0.1) is 0 Å². The van der Waals surface area contributed by atoms with Gasteiger partial charge in [-0.1, -0.05) is 150 Å². The first-order valence-electron chi connectivity index (χ1n) is 13.4. The summed E-state index contributed by atoms with van der Waals surface area (Å²) in [6.45, 7) is 14.2. The highest BCUT2D eigenvalue weighted by atomic mass is 14.2. The molecule has 0 nitrogen and oxygen atoms in total. The van der Waals surface area contributed by atoms with E-state index in [0.29, 0.717) is 0 Å². The van der Waals surface area contributed by atoms with Crippen molar-refractivity contribution in [2.24, 2.45) is 0 Å². The number of allylic oxidation sites excluding steroid dienone is 5. The van der Waals surface area contributed by atoms with Crippen LogP contribution in [0.5, 0.6) is 0 Å². The maximum absolute atomic E-state index is 4.09. The summed E-state index contributed by atoms with van der Waals surface area (Å²) in [7, 11) is 0. The van der Waals surface area contributed by atoms with Crippen LogP contribution in [0.2, 0.25) is 0 Å². The molecule has 0 saturated carbocycles. The predicted octanol–water partition coefficient (Wildman–Crippen LogP) is 10.7. The van der Waals surface area contributed by atoms with Gasteiger partial charge in [0.25, 0.3) is 0 Å². The Balaban J connectivity index is 0.000000182. The van der Waals surface area contributed by atoms with E-state index < -0.39 is 0 Å². The van der Waals surface area contributed by atoms with Crippen LogP contribution in [0.4, 0.5) is 0 Å². The maximum Gasteiger partial charge on any atom is -0.00991 e. The molecule has 0 N–H and O–H groups in total. The summed E-state index contributed by atoms with van der Waals surface area (Å²) in [5, 5.41) is 0. The average Bonchev–Trinajstić information content (AvgIpc) is 3.54. The van der Waals surface area contributed by atoms with Crippen molar-refractivity contribution < 1.29 is 0 Å². The molecule has 0 spiro atoms. The Morgan fingerprint density at radius 1 is 0.459 bits per heavy atom. The number of hydrogen-bond acceptors (Lipinski definition) is 0. The highest BCUT2D eigenvalue weighted by Crippen LogP contribution is 2.39. The van der Waals surface area contributed by atoms with Crippen molar-refractivity contribution in [1.29, 1.82) is 0 Å². The standard InChI is InChI=1S/C17H14.C16H12.2C2H6/c1-2-13-12-17(14-8-4-3-5-9-14)16-11-7-6-10-15(13)16;1-12-11-16(13-7-3-2-4-8-13)15-10-6-5-9-14(12)15;2*1-2/h2-12H,1H3;2-11H,1H2;2*1-2H3/b13-2+;;;. The summed E-state index contributed by atoms with van der Waals surface area (Å²) < 4.78 is 0. The van der Waals surface area contributed by atoms with Crippen LogP contribution in [-0.4, -0.2) is 0 Å². The van der Waals surface area contributed by atoms with Gasteiger partial charge in [-0.25, -0.2) is 0 Å². The first kappa shape index (κ1) is 27.4. The average molecular weight is 483 g/mol. The molecule has 0 aliphatic heterocycles. The third-order valence-electron chi connectivity index (χ3n) is 6.19. The zero-order valence-corrected chi connectivity index (χ0v) is 22.8. The molecule has 4 aromatic carbocycles. The van der Waals surface area contributed by atoms with E-state index in [2.05, 4.69) is 135 Å². The fourth-order valence-electron chi connectivity index (χ4n) is 4.56. The van der Waals surface area contributed by atoms with Gasteiger partial charge in [0, 0.05) is 0 Å². The fourth-order valence-corrected chi connectivity index (χ4v) is 4.56. The van der Waals surface area contributed by atoms with E-state index in [1.165, 1.54) is 50.1 Å². The SMILES string of the molecule is C/C=C1\C=C(c2ccccc2)c2ccccc21.C=C1C=C(c2ccccc2)c2ccccc21.CC.CC. The Bertz CT molecular complexity index is 1400. The van der Waals surface area contributed by atoms with Crippen LogP contribution in [0, 0.1) is 0 Å². The van der Waals surface area contributed by atoms with E-state index >= 15 is 0 Å². The van der Waals surface area contributed by atoms with E-state index in [1.54, 1.807) is 0 Å². The molecule has 0 heteroatoms. The maximum atomic E-state index is 4.09. The second-order valence-electron chi connectivity index (χ2n) is 8.21. The van der Waals surface area contributed by atoms with Crippen LogP contribution < -0.4 is 0 Å². The smallest absolute Gasteiger partial charge is 0.00991 e. The first-order valence-corrected chi connectivity index (χ1v) is 13.4. The van der Waals surface area contributed by atoms with Crippen molar-refractivity contribution in [2.45, 2.75) is 34.6 Å². The lowest BCUT2D eigenvalue weighted by atomic mass is 9.99. The fraction of sp³-hybridized carbons (Fsp3) is 0.135. The van der Waals surface area contributed by atoms with Crippen LogP contribution in [-0.2, 0) is 0 Å². The molecule has 0 atom stereocenters. The highest BCUT2D eigenvalue weighted by Gasteiger charge is 2.18. The van der Waals surface area contributed by atoms with Crippen LogP contribution >= 0.6 is 0 Å². The van der Waals surface area contributed by atoms with Gasteiger partial charge >= 0.3 is 0 Å². The van der Waals surface area contributed by atoms with Crippen LogP contribution in [0.1, 0.15) is 68.0 Å². The molecule has 0 heterocycles.